The Morgan fingerprint density at radius 2 is 2.00 bits per heavy atom. The fourth-order valence-electron chi connectivity index (χ4n) is 1.48. The van der Waals surface area contributed by atoms with Gasteiger partial charge in [-0.15, -0.1) is 0 Å². The minimum absolute atomic E-state index is 0. The van der Waals surface area contributed by atoms with Gasteiger partial charge in [0, 0.05) is 6.10 Å². The van der Waals surface area contributed by atoms with Crippen molar-refractivity contribution >= 4 is 37.9 Å². The monoisotopic (exact) mass is 168 g/mol. The fraction of sp³-hybridized carbons (Fsp3) is 1.00. The topological polar surface area (TPSA) is 9.23 Å². The van der Waals surface area contributed by atoms with E-state index in [1.54, 1.807) is 0 Å². The van der Waals surface area contributed by atoms with Crippen LogP contribution in [-0.2, 0) is 4.43 Å². The predicted octanol–water partition coefficient (Wildman–Crippen LogP) is 1.74. The Morgan fingerprint density at radius 1 is 1.40 bits per heavy atom. The molecule has 56 valence electrons. The molecular weight excluding hydrogens is 151 g/mol. The summed E-state index contributed by atoms with van der Waals surface area (Å²) in [4.78, 5) is 0. The van der Waals surface area contributed by atoms with Crippen molar-refractivity contribution in [3.63, 3.8) is 0 Å². The van der Waals surface area contributed by atoms with Gasteiger partial charge in [0.2, 0.25) is 0 Å². The van der Waals surface area contributed by atoms with Gasteiger partial charge in [0.25, 0.3) is 0 Å². The first-order valence-corrected chi connectivity index (χ1v) is 6.89. The molecule has 0 aromatic heterocycles. The van der Waals surface area contributed by atoms with Gasteiger partial charge in [-0.3, -0.25) is 0 Å². The van der Waals surface area contributed by atoms with Crippen LogP contribution in [0.25, 0.3) is 0 Å². The molecule has 1 aliphatic rings. The molecule has 1 aliphatic heterocycles. The van der Waals surface area contributed by atoms with Crippen LogP contribution in [0.4, 0.5) is 0 Å². The standard InChI is InChI=1S/C7H16OSi.Na.H/c1-7-5-4-6-9(2,3)8-7;;/h7H,4-6H2,1-3H3;;. The van der Waals surface area contributed by atoms with E-state index in [9.17, 15) is 0 Å². The molecule has 1 heterocycles. The van der Waals surface area contributed by atoms with E-state index < -0.39 is 8.32 Å². The van der Waals surface area contributed by atoms with Crippen LogP contribution < -0.4 is 0 Å². The Labute approximate surface area is 87.0 Å². The van der Waals surface area contributed by atoms with Gasteiger partial charge in [0.05, 0.1) is 0 Å². The molecule has 10 heavy (non-hydrogen) atoms. The van der Waals surface area contributed by atoms with E-state index in [1.807, 2.05) is 0 Å². The van der Waals surface area contributed by atoms with Gasteiger partial charge in [-0.1, -0.05) is 6.42 Å². The van der Waals surface area contributed by atoms with Crippen molar-refractivity contribution in [3.05, 3.63) is 0 Å². The SMILES string of the molecule is CC1CCC[Si](C)(C)O1.[NaH]. The summed E-state index contributed by atoms with van der Waals surface area (Å²) in [5.74, 6) is 0. The van der Waals surface area contributed by atoms with Gasteiger partial charge in [-0.2, -0.15) is 0 Å². The third-order valence-corrected chi connectivity index (χ3v) is 4.51. The average molecular weight is 168 g/mol. The Kier molecular flexibility index (Phi) is 4.77. The fourth-order valence-corrected chi connectivity index (χ4v) is 3.86. The predicted molar refractivity (Wildman–Crippen MR) is 49.2 cm³/mol. The van der Waals surface area contributed by atoms with E-state index in [0.717, 1.165) is 0 Å². The third kappa shape index (κ3) is 3.53. The van der Waals surface area contributed by atoms with Crippen LogP contribution >= 0.6 is 0 Å². The summed E-state index contributed by atoms with van der Waals surface area (Å²) in [6.07, 6.45) is 3.21. The number of hydrogen-bond acceptors (Lipinski definition) is 1. The maximum atomic E-state index is 5.81. The molecule has 0 N–H and O–H groups in total. The van der Waals surface area contributed by atoms with Gasteiger partial charge in [-0.25, -0.2) is 0 Å². The summed E-state index contributed by atoms with van der Waals surface area (Å²) in [6, 6.07) is 1.36. The molecule has 0 amide bonds. The normalized spacial score (nSPS) is 30.9. The van der Waals surface area contributed by atoms with E-state index in [4.69, 9.17) is 4.43 Å². The second-order valence-corrected chi connectivity index (χ2v) is 7.84. The van der Waals surface area contributed by atoms with Crippen molar-refractivity contribution in [1.29, 1.82) is 0 Å². The molecule has 3 heteroatoms. The van der Waals surface area contributed by atoms with Crippen LogP contribution in [0.5, 0.6) is 0 Å². The molecule has 0 spiro atoms. The Hall–Kier alpha value is 1.18. The van der Waals surface area contributed by atoms with Crippen molar-refractivity contribution in [2.45, 2.75) is 45.0 Å². The van der Waals surface area contributed by atoms with Crippen molar-refractivity contribution in [1.82, 2.24) is 0 Å². The molecule has 1 fully saturated rings. The molecule has 0 radical (unpaired) electrons. The minimum atomic E-state index is -1.15. The molecule has 0 saturated carbocycles. The Balaban J connectivity index is 0.000000810. The van der Waals surface area contributed by atoms with Crippen molar-refractivity contribution in [3.8, 4) is 0 Å². The van der Waals surface area contributed by atoms with E-state index in [1.165, 1.54) is 18.9 Å². The first-order valence-electron chi connectivity index (χ1n) is 3.78. The molecular formula is C7H17NaOSi. The molecule has 1 atom stereocenters. The van der Waals surface area contributed by atoms with E-state index in [-0.39, 0.29) is 29.6 Å². The third-order valence-electron chi connectivity index (χ3n) is 1.91. The first-order chi connectivity index (χ1) is 4.10. The first kappa shape index (κ1) is 11.2. The number of rotatable bonds is 0. The van der Waals surface area contributed by atoms with Crippen molar-refractivity contribution < 1.29 is 4.43 Å². The molecule has 1 rings (SSSR count). The zero-order valence-corrected chi connectivity index (χ0v) is 7.61. The van der Waals surface area contributed by atoms with Crippen LogP contribution in [0, 0.1) is 0 Å². The maximum absolute atomic E-state index is 5.81. The van der Waals surface area contributed by atoms with Crippen molar-refractivity contribution in [2.75, 3.05) is 0 Å². The number of hydrogen-bond donors (Lipinski definition) is 0. The van der Waals surface area contributed by atoms with Gasteiger partial charge in [0.1, 0.15) is 0 Å². The molecule has 1 saturated heterocycles. The van der Waals surface area contributed by atoms with E-state index in [0.29, 0.717) is 6.10 Å². The zero-order chi connectivity index (χ0) is 6.91. The van der Waals surface area contributed by atoms with E-state index in [2.05, 4.69) is 20.0 Å². The molecule has 1 nitrogen and oxygen atoms in total. The Bertz CT molecular complexity index is 106. The quantitative estimate of drug-likeness (QED) is 0.501. The molecule has 0 aromatic carbocycles. The van der Waals surface area contributed by atoms with Crippen LogP contribution in [0.1, 0.15) is 19.8 Å². The van der Waals surface area contributed by atoms with Gasteiger partial charge >= 0.3 is 29.6 Å². The second-order valence-electron chi connectivity index (χ2n) is 3.58. The summed E-state index contributed by atoms with van der Waals surface area (Å²) in [5, 5.41) is 0. The summed E-state index contributed by atoms with van der Waals surface area (Å²) in [7, 11) is -1.15. The zero-order valence-electron chi connectivity index (χ0n) is 6.61. The van der Waals surface area contributed by atoms with Gasteiger partial charge in [0.15, 0.2) is 8.32 Å². The van der Waals surface area contributed by atoms with Crippen LogP contribution in [-0.4, -0.2) is 44.0 Å². The van der Waals surface area contributed by atoms with Gasteiger partial charge < -0.3 is 4.43 Å². The molecule has 1 unspecified atom stereocenters. The second kappa shape index (κ2) is 4.26. The summed E-state index contributed by atoms with van der Waals surface area (Å²) < 4.78 is 5.81. The average Bonchev–Trinajstić information content (AvgIpc) is 1.60. The van der Waals surface area contributed by atoms with Crippen LogP contribution in [0.3, 0.4) is 0 Å². The molecule has 0 bridgehead atoms. The van der Waals surface area contributed by atoms with Crippen LogP contribution in [0.15, 0.2) is 0 Å². The molecule has 0 aromatic rings. The van der Waals surface area contributed by atoms with Crippen LogP contribution in [0.2, 0.25) is 19.1 Å². The Morgan fingerprint density at radius 3 is 2.30 bits per heavy atom. The summed E-state index contributed by atoms with van der Waals surface area (Å²) in [6.45, 7) is 6.80. The summed E-state index contributed by atoms with van der Waals surface area (Å²) in [5.41, 5.74) is 0. The van der Waals surface area contributed by atoms with Gasteiger partial charge in [-0.05, 0) is 32.5 Å². The molecule has 0 aliphatic carbocycles. The van der Waals surface area contributed by atoms with E-state index >= 15 is 0 Å². The van der Waals surface area contributed by atoms with Crippen molar-refractivity contribution in [2.24, 2.45) is 0 Å². The summed E-state index contributed by atoms with van der Waals surface area (Å²) >= 11 is 0.